The Morgan fingerprint density at radius 2 is 2.11 bits per heavy atom. The normalized spacial score (nSPS) is 17.0. The molecular formula is C26H25F2N3O4. The highest BCUT2D eigenvalue weighted by atomic mass is 19.3. The maximum Gasteiger partial charge on any atom is 0.264 e. The predicted molar refractivity (Wildman–Crippen MR) is 124 cm³/mol. The number of pyridine rings is 1. The maximum atomic E-state index is 13.5. The van der Waals surface area contributed by atoms with Crippen molar-refractivity contribution in [1.29, 1.82) is 0 Å². The Morgan fingerprint density at radius 3 is 2.86 bits per heavy atom. The van der Waals surface area contributed by atoms with E-state index in [2.05, 4.69) is 10.3 Å². The molecule has 1 atom stereocenters. The van der Waals surface area contributed by atoms with Gasteiger partial charge in [-0.2, -0.15) is 0 Å². The number of nitrogens with zero attached hydrogens (tertiary/aromatic N) is 2. The number of nitrogens with one attached hydrogen (secondary N) is 1. The van der Waals surface area contributed by atoms with E-state index in [1.54, 1.807) is 29.3 Å². The summed E-state index contributed by atoms with van der Waals surface area (Å²) >= 11 is 0. The number of phenols is 1. The number of phenolic OH excluding ortho intramolecular Hbond substituents is 1. The van der Waals surface area contributed by atoms with Crippen LogP contribution in [0.2, 0.25) is 0 Å². The van der Waals surface area contributed by atoms with E-state index in [1.807, 2.05) is 18.2 Å². The molecule has 0 bridgehead atoms. The van der Waals surface area contributed by atoms with Crippen molar-refractivity contribution < 1.29 is 28.2 Å². The number of benzene rings is 2. The molecule has 0 aliphatic carbocycles. The molecule has 5 rings (SSSR count). The van der Waals surface area contributed by atoms with Gasteiger partial charge in [-0.05, 0) is 47.9 Å². The molecule has 0 radical (unpaired) electrons. The average Bonchev–Trinajstić information content (AvgIpc) is 3.53. The fourth-order valence-corrected chi connectivity index (χ4v) is 4.44. The topological polar surface area (TPSA) is 83.9 Å². The quantitative estimate of drug-likeness (QED) is 0.511. The first-order valence-corrected chi connectivity index (χ1v) is 11.4. The van der Waals surface area contributed by atoms with E-state index in [0.29, 0.717) is 32.0 Å². The molecule has 2 N–H and O–H groups in total. The van der Waals surface area contributed by atoms with Gasteiger partial charge in [-0.3, -0.25) is 9.78 Å². The molecule has 35 heavy (non-hydrogen) atoms. The van der Waals surface area contributed by atoms with Gasteiger partial charge >= 0.3 is 0 Å². The van der Waals surface area contributed by atoms with Crippen molar-refractivity contribution in [2.45, 2.75) is 38.6 Å². The predicted octanol–water partition coefficient (Wildman–Crippen LogP) is 4.66. The van der Waals surface area contributed by atoms with E-state index in [-0.39, 0.29) is 24.0 Å². The van der Waals surface area contributed by atoms with Crippen LogP contribution < -0.4 is 10.1 Å². The zero-order valence-corrected chi connectivity index (χ0v) is 18.9. The van der Waals surface area contributed by atoms with Gasteiger partial charge in [0.25, 0.3) is 12.3 Å². The lowest BCUT2D eigenvalue weighted by Crippen LogP contribution is -2.26. The summed E-state index contributed by atoms with van der Waals surface area (Å²) in [5, 5.41) is 14.1. The molecule has 3 aromatic rings. The standard InChI is InChI=1S/C26H25F2N3O4/c27-25(28)17-10-22(32)24(23(11-17)35-15-18-5-1-2-8-29-18)26(33)31-12-16-4-3-6-21(20(16)13-31)30-19-7-9-34-14-19/h1-6,8,10-11,19,25,30,32H,7,9,12-15H2/t19-/m0/s1. The highest BCUT2D eigenvalue weighted by molar-refractivity contribution is 6.00. The average molecular weight is 481 g/mol. The lowest BCUT2D eigenvalue weighted by atomic mass is 10.1. The fraction of sp³-hybridized carbons (Fsp3) is 0.308. The largest absolute Gasteiger partial charge is 0.507 e. The summed E-state index contributed by atoms with van der Waals surface area (Å²) in [6.45, 7) is 1.96. The molecule has 182 valence electrons. The van der Waals surface area contributed by atoms with E-state index in [0.717, 1.165) is 35.4 Å². The van der Waals surface area contributed by atoms with Gasteiger partial charge in [-0.1, -0.05) is 18.2 Å². The number of carbonyl (C=O) groups excluding carboxylic acids is 1. The highest BCUT2D eigenvalue weighted by Crippen LogP contribution is 2.38. The summed E-state index contributed by atoms with van der Waals surface area (Å²) in [4.78, 5) is 19.3. The van der Waals surface area contributed by atoms with Crippen LogP contribution in [0.1, 0.15) is 45.6 Å². The number of aromatic hydroxyl groups is 1. The van der Waals surface area contributed by atoms with Crippen LogP contribution in [0.25, 0.3) is 0 Å². The minimum atomic E-state index is -2.83. The summed E-state index contributed by atoms with van der Waals surface area (Å²) in [5.41, 5.74) is 2.92. The van der Waals surface area contributed by atoms with Crippen molar-refractivity contribution in [3.63, 3.8) is 0 Å². The number of alkyl halides is 2. The van der Waals surface area contributed by atoms with Crippen molar-refractivity contribution in [3.05, 3.63) is 82.7 Å². The fourth-order valence-electron chi connectivity index (χ4n) is 4.44. The van der Waals surface area contributed by atoms with Gasteiger partial charge in [-0.15, -0.1) is 0 Å². The zero-order valence-electron chi connectivity index (χ0n) is 18.9. The van der Waals surface area contributed by atoms with Gasteiger partial charge in [-0.25, -0.2) is 8.78 Å². The maximum absolute atomic E-state index is 13.5. The van der Waals surface area contributed by atoms with Crippen LogP contribution in [0.3, 0.4) is 0 Å². The number of carbonyl (C=O) groups is 1. The Morgan fingerprint density at radius 1 is 1.23 bits per heavy atom. The van der Waals surface area contributed by atoms with Gasteiger partial charge in [0.05, 0.1) is 18.3 Å². The third kappa shape index (κ3) is 4.90. The first-order valence-electron chi connectivity index (χ1n) is 11.4. The van der Waals surface area contributed by atoms with Crippen LogP contribution in [0, 0.1) is 0 Å². The lowest BCUT2D eigenvalue weighted by molar-refractivity contribution is 0.0742. The number of hydrogen-bond donors (Lipinski definition) is 2. The number of halogens is 2. The second-order valence-corrected chi connectivity index (χ2v) is 8.63. The number of hydrogen-bond acceptors (Lipinski definition) is 6. The van der Waals surface area contributed by atoms with E-state index < -0.39 is 23.6 Å². The molecule has 2 aliphatic rings. The molecule has 1 fully saturated rings. The van der Waals surface area contributed by atoms with E-state index >= 15 is 0 Å². The van der Waals surface area contributed by atoms with Crippen LogP contribution in [-0.2, 0) is 24.4 Å². The molecular weight excluding hydrogens is 456 g/mol. The van der Waals surface area contributed by atoms with Gasteiger partial charge in [0.1, 0.15) is 23.7 Å². The summed E-state index contributed by atoms with van der Waals surface area (Å²) in [6.07, 6.45) is -0.331. The van der Waals surface area contributed by atoms with Crippen LogP contribution in [0.15, 0.2) is 54.7 Å². The van der Waals surface area contributed by atoms with E-state index in [1.165, 1.54) is 0 Å². The number of rotatable bonds is 7. The van der Waals surface area contributed by atoms with Crippen LogP contribution >= 0.6 is 0 Å². The Bertz CT molecular complexity index is 1220. The molecule has 0 spiro atoms. The van der Waals surface area contributed by atoms with Gasteiger partial charge in [0, 0.05) is 37.1 Å². The summed E-state index contributed by atoms with van der Waals surface area (Å²) in [7, 11) is 0. The zero-order chi connectivity index (χ0) is 24.4. The smallest absolute Gasteiger partial charge is 0.264 e. The highest BCUT2D eigenvalue weighted by Gasteiger charge is 2.31. The first-order chi connectivity index (χ1) is 17.0. The van der Waals surface area contributed by atoms with Crippen molar-refractivity contribution >= 4 is 11.6 Å². The summed E-state index contributed by atoms with van der Waals surface area (Å²) in [5.74, 6) is -1.14. The lowest BCUT2D eigenvalue weighted by Gasteiger charge is -2.20. The van der Waals surface area contributed by atoms with E-state index in [4.69, 9.17) is 9.47 Å². The Balaban J connectivity index is 1.41. The van der Waals surface area contributed by atoms with Gasteiger partial charge in [0.15, 0.2) is 0 Å². The number of amides is 1. The van der Waals surface area contributed by atoms with Crippen molar-refractivity contribution in [2.24, 2.45) is 0 Å². The Kier molecular flexibility index (Phi) is 6.50. The number of aromatic nitrogens is 1. The third-order valence-electron chi connectivity index (χ3n) is 6.23. The van der Waals surface area contributed by atoms with Crippen LogP contribution in [0.5, 0.6) is 11.5 Å². The van der Waals surface area contributed by atoms with Crippen LogP contribution in [-0.4, -0.2) is 40.2 Å². The molecule has 2 aliphatic heterocycles. The first kappa shape index (κ1) is 23.0. The van der Waals surface area contributed by atoms with Crippen LogP contribution in [0.4, 0.5) is 14.5 Å². The molecule has 7 nitrogen and oxygen atoms in total. The minimum absolute atomic E-state index is 0.0367. The molecule has 0 unspecified atom stereocenters. The Hall–Kier alpha value is -3.72. The summed E-state index contributed by atoms with van der Waals surface area (Å²) < 4.78 is 38.0. The molecule has 3 heterocycles. The number of fused-ring (bicyclic) bond motifs is 1. The molecule has 1 aromatic heterocycles. The van der Waals surface area contributed by atoms with Crippen molar-refractivity contribution in [3.8, 4) is 11.5 Å². The Labute approximate surface area is 201 Å². The molecule has 9 heteroatoms. The third-order valence-corrected chi connectivity index (χ3v) is 6.23. The van der Waals surface area contributed by atoms with E-state index in [9.17, 15) is 18.7 Å². The van der Waals surface area contributed by atoms with Gasteiger partial charge in [0.2, 0.25) is 0 Å². The second kappa shape index (κ2) is 9.87. The SMILES string of the molecule is O=C(c1c(O)cc(C(F)F)cc1OCc1ccccn1)N1Cc2cccc(N[C@H]3CCOC3)c2C1. The monoisotopic (exact) mass is 481 g/mol. The molecule has 2 aromatic carbocycles. The minimum Gasteiger partial charge on any atom is -0.507 e. The molecule has 1 amide bonds. The number of anilines is 1. The van der Waals surface area contributed by atoms with Crippen molar-refractivity contribution in [2.75, 3.05) is 18.5 Å². The number of ether oxygens (including phenoxy) is 2. The second-order valence-electron chi connectivity index (χ2n) is 8.63. The molecule has 0 saturated carbocycles. The van der Waals surface area contributed by atoms with Crippen molar-refractivity contribution in [1.82, 2.24) is 9.88 Å². The summed E-state index contributed by atoms with van der Waals surface area (Å²) in [6, 6.07) is 13.3. The van der Waals surface area contributed by atoms with Gasteiger partial charge < -0.3 is 24.8 Å². The molecule has 1 saturated heterocycles.